The number of benzene rings is 1. The molecular formula is C17H16N4. The van der Waals surface area contributed by atoms with Crippen molar-refractivity contribution in [3.8, 4) is 11.4 Å². The fourth-order valence-corrected chi connectivity index (χ4v) is 3.05. The van der Waals surface area contributed by atoms with Crippen LogP contribution in [0.1, 0.15) is 17.7 Å². The molecule has 1 aliphatic rings. The Bertz CT molecular complexity index is 821. The zero-order valence-electron chi connectivity index (χ0n) is 11.9. The molecule has 4 rings (SSSR count). The van der Waals surface area contributed by atoms with Gasteiger partial charge in [-0.3, -0.25) is 4.98 Å². The summed E-state index contributed by atoms with van der Waals surface area (Å²) in [6.45, 7) is 0. The Morgan fingerprint density at radius 2 is 1.95 bits per heavy atom. The van der Waals surface area contributed by atoms with E-state index in [1.807, 2.05) is 37.5 Å². The first-order valence-electron chi connectivity index (χ1n) is 7.28. The number of para-hydroxylation sites is 1. The van der Waals surface area contributed by atoms with Gasteiger partial charge < -0.3 is 5.32 Å². The molecule has 0 amide bonds. The third-order valence-corrected chi connectivity index (χ3v) is 4.06. The average Bonchev–Trinajstić information content (AvgIpc) is 3.02. The van der Waals surface area contributed by atoms with Gasteiger partial charge in [0, 0.05) is 35.5 Å². The molecule has 4 heteroatoms. The number of aromatic nitrogens is 3. The highest BCUT2D eigenvalue weighted by Crippen LogP contribution is 2.31. The van der Waals surface area contributed by atoms with Gasteiger partial charge in [0.1, 0.15) is 5.82 Å². The summed E-state index contributed by atoms with van der Waals surface area (Å²) in [7, 11) is 1.93. The first-order chi connectivity index (χ1) is 10.4. The van der Waals surface area contributed by atoms with E-state index >= 15 is 0 Å². The van der Waals surface area contributed by atoms with E-state index in [-0.39, 0.29) is 0 Å². The fourth-order valence-electron chi connectivity index (χ4n) is 3.05. The number of fused-ring (bicyclic) bond motifs is 2. The Hall–Kier alpha value is -2.49. The molecule has 0 fully saturated rings. The summed E-state index contributed by atoms with van der Waals surface area (Å²) in [4.78, 5) is 13.9. The zero-order chi connectivity index (χ0) is 14.2. The van der Waals surface area contributed by atoms with Crippen molar-refractivity contribution in [3.63, 3.8) is 0 Å². The minimum absolute atomic E-state index is 0.790. The van der Waals surface area contributed by atoms with E-state index < -0.39 is 0 Å². The number of nitrogens with one attached hydrogen (secondary N) is 1. The lowest BCUT2D eigenvalue weighted by molar-refractivity contribution is 0.900. The number of nitrogens with zero attached hydrogens (tertiary/aromatic N) is 3. The van der Waals surface area contributed by atoms with Gasteiger partial charge in [-0.25, -0.2) is 9.97 Å². The number of anilines is 1. The Morgan fingerprint density at radius 1 is 1.05 bits per heavy atom. The highest BCUT2D eigenvalue weighted by atomic mass is 15.0. The van der Waals surface area contributed by atoms with Crippen molar-refractivity contribution in [1.82, 2.24) is 15.0 Å². The third-order valence-electron chi connectivity index (χ3n) is 4.06. The lowest BCUT2D eigenvalue weighted by Gasteiger charge is -2.11. The van der Waals surface area contributed by atoms with Gasteiger partial charge >= 0.3 is 0 Å². The lowest BCUT2D eigenvalue weighted by Crippen LogP contribution is -2.03. The highest BCUT2D eigenvalue weighted by molar-refractivity contribution is 5.92. The molecule has 0 atom stereocenters. The topological polar surface area (TPSA) is 50.7 Å². The largest absolute Gasteiger partial charge is 0.373 e. The second-order valence-corrected chi connectivity index (χ2v) is 5.30. The van der Waals surface area contributed by atoms with E-state index in [1.54, 1.807) is 0 Å². The number of hydrogen-bond donors (Lipinski definition) is 1. The van der Waals surface area contributed by atoms with Crippen molar-refractivity contribution in [1.29, 1.82) is 0 Å². The second kappa shape index (κ2) is 4.81. The molecule has 0 radical (unpaired) electrons. The van der Waals surface area contributed by atoms with Crippen LogP contribution in [0.4, 0.5) is 5.82 Å². The summed E-state index contributed by atoms with van der Waals surface area (Å²) in [6, 6.07) is 10.1. The number of aryl methyl sites for hydroxylation is 1. The van der Waals surface area contributed by atoms with E-state index in [2.05, 4.69) is 16.4 Å². The van der Waals surface area contributed by atoms with Gasteiger partial charge in [-0.15, -0.1) is 0 Å². The lowest BCUT2D eigenvalue weighted by atomic mass is 10.1. The normalized spacial score (nSPS) is 13.4. The molecule has 0 aliphatic heterocycles. The average molecular weight is 276 g/mol. The fraction of sp³-hybridized carbons (Fsp3) is 0.235. The number of hydrogen-bond acceptors (Lipinski definition) is 4. The molecule has 2 aromatic heterocycles. The number of pyridine rings is 1. The predicted octanol–water partition coefficient (Wildman–Crippen LogP) is 3.22. The zero-order valence-corrected chi connectivity index (χ0v) is 11.9. The summed E-state index contributed by atoms with van der Waals surface area (Å²) in [5, 5.41) is 4.32. The maximum atomic E-state index is 4.80. The summed E-state index contributed by atoms with van der Waals surface area (Å²) in [5.74, 6) is 1.76. The van der Waals surface area contributed by atoms with Crippen molar-refractivity contribution >= 4 is 16.7 Å². The van der Waals surface area contributed by atoms with Crippen LogP contribution in [0.3, 0.4) is 0 Å². The Balaban J connectivity index is 1.97. The highest BCUT2D eigenvalue weighted by Gasteiger charge is 2.19. The molecule has 1 aliphatic carbocycles. The summed E-state index contributed by atoms with van der Waals surface area (Å²) >= 11 is 0. The SMILES string of the molecule is CNc1nc(-c2ccnc3ccccc23)nc2c1CCC2. The molecule has 1 N–H and O–H groups in total. The molecule has 3 aromatic rings. The van der Waals surface area contributed by atoms with Crippen LogP contribution in [0, 0.1) is 0 Å². The first-order valence-corrected chi connectivity index (χ1v) is 7.28. The van der Waals surface area contributed by atoms with Crippen molar-refractivity contribution in [2.75, 3.05) is 12.4 Å². The molecule has 0 saturated heterocycles. The Morgan fingerprint density at radius 3 is 2.86 bits per heavy atom. The maximum Gasteiger partial charge on any atom is 0.162 e. The van der Waals surface area contributed by atoms with Crippen LogP contribution in [-0.4, -0.2) is 22.0 Å². The Kier molecular flexibility index (Phi) is 2.81. The number of rotatable bonds is 2. The van der Waals surface area contributed by atoms with Crippen molar-refractivity contribution in [2.45, 2.75) is 19.3 Å². The standard InChI is InChI=1S/C17H16N4/c1-18-16-13-6-4-8-15(13)20-17(21-16)12-9-10-19-14-7-3-2-5-11(12)14/h2-3,5,7,9-10H,4,6,8H2,1H3,(H,18,20,21). The minimum atomic E-state index is 0.790. The van der Waals surface area contributed by atoms with Crippen LogP contribution >= 0.6 is 0 Å². The van der Waals surface area contributed by atoms with E-state index in [9.17, 15) is 0 Å². The molecule has 0 bridgehead atoms. The van der Waals surface area contributed by atoms with Crippen molar-refractivity contribution in [2.24, 2.45) is 0 Å². The molecule has 2 heterocycles. The monoisotopic (exact) mass is 276 g/mol. The molecular weight excluding hydrogens is 260 g/mol. The first kappa shape index (κ1) is 12.3. The van der Waals surface area contributed by atoms with Gasteiger partial charge in [0.25, 0.3) is 0 Å². The Labute approximate surface area is 123 Å². The quantitative estimate of drug-likeness (QED) is 0.780. The smallest absolute Gasteiger partial charge is 0.162 e. The molecule has 0 spiro atoms. The van der Waals surface area contributed by atoms with Crippen molar-refractivity contribution in [3.05, 3.63) is 47.8 Å². The summed E-state index contributed by atoms with van der Waals surface area (Å²) in [6.07, 6.45) is 5.11. The van der Waals surface area contributed by atoms with Crippen LogP contribution in [0.15, 0.2) is 36.5 Å². The second-order valence-electron chi connectivity index (χ2n) is 5.30. The van der Waals surface area contributed by atoms with E-state index in [0.717, 1.165) is 41.0 Å². The summed E-state index contributed by atoms with van der Waals surface area (Å²) < 4.78 is 0. The predicted molar refractivity (Wildman–Crippen MR) is 84.3 cm³/mol. The van der Waals surface area contributed by atoms with Crippen LogP contribution in [0.25, 0.3) is 22.3 Å². The summed E-state index contributed by atoms with van der Waals surface area (Å²) in [5.41, 5.74) is 4.49. The van der Waals surface area contributed by atoms with Gasteiger partial charge in [-0.1, -0.05) is 18.2 Å². The van der Waals surface area contributed by atoms with Gasteiger partial charge in [-0.05, 0) is 31.4 Å². The molecule has 21 heavy (non-hydrogen) atoms. The van der Waals surface area contributed by atoms with Crippen LogP contribution in [-0.2, 0) is 12.8 Å². The van der Waals surface area contributed by atoms with Gasteiger partial charge in [0.05, 0.1) is 5.52 Å². The third kappa shape index (κ3) is 1.95. The van der Waals surface area contributed by atoms with Crippen LogP contribution in [0.5, 0.6) is 0 Å². The van der Waals surface area contributed by atoms with Gasteiger partial charge in [-0.2, -0.15) is 0 Å². The molecule has 1 aromatic carbocycles. The molecule has 4 nitrogen and oxygen atoms in total. The minimum Gasteiger partial charge on any atom is -0.373 e. The molecule has 0 unspecified atom stereocenters. The van der Waals surface area contributed by atoms with Crippen LogP contribution < -0.4 is 5.32 Å². The van der Waals surface area contributed by atoms with Gasteiger partial charge in [0.2, 0.25) is 0 Å². The van der Waals surface area contributed by atoms with E-state index in [0.29, 0.717) is 0 Å². The van der Waals surface area contributed by atoms with E-state index in [1.165, 1.54) is 17.7 Å². The molecule has 104 valence electrons. The van der Waals surface area contributed by atoms with E-state index in [4.69, 9.17) is 9.97 Å². The molecule has 0 saturated carbocycles. The van der Waals surface area contributed by atoms with Crippen molar-refractivity contribution < 1.29 is 0 Å². The maximum absolute atomic E-state index is 4.80. The van der Waals surface area contributed by atoms with Gasteiger partial charge in [0.15, 0.2) is 5.82 Å². The van der Waals surface area contributed by atoms with Crippen LogP contribution in [0.2, 0.25) is 0 Å².